The van der Waals surface area contributed by atoms with E-state index in [1.165, 1.54) is 0 Å². The SMILES string of the molecule is CNC1COC2C(NC(=O)C3CC3)COC12. The zero-order valence-electron chi connectivity index (χ0n) is 9.44. The van der Waals surface area contributed by atoms with Crippen LogP contribution in [0.4, 0.5) is 0 Å². The lowest BCUT2D eigenvalue weighted by molar-refractivity contribution is -0.123. The first-order valence-corrected chi connectivity index (χ1v) is 6.00. The number of nitrogens with one attached hydrogen (secondary N) is 2. The molecular formula is C11H18N2O3. The van der Waals surface area contributed by atoms with E-state index in [2.05, 4.69) is 10.6 Å². The van der Waals surface area contributed by atoms with Crippen LogP contribution >= 0.6 is 0 Å². The minimum Gasteiger partial charge on any atom is -0.371 e. The van der Waals surface area contributed by atoms with Crippen molar-refractivity contribution in [3.05, 3.63) is 0 Å². The maximum absolute atomic E-state index is 11.7. The molecule has 1 saturated carbocycles. The van der Waals surface area contributed by atoms with Gasteiger partial charge in [0, 0.05) is 5.92 Å². The lowest BCUT2D eigenvalue weighted by atomic mass is 10.1. The van der Waals surface area contributed by atoms with Crippen LogP contribution < -0.4 is 10.6 Å². The van der Waals surface area contributed by atoms with E-state index in [1.807, 2.05) is 7.05 Å². The summed E-state index contributed by atoms with van der Waals surface area (Å²) in [6, 6.07) is 0.296. The van der Waals surface area contributed by atoms with Crippen LogP contribution in [-0.4, -0.2) is 50.5 Å². The molecule has 0 bridgehead atoms. The van der Waals surface area contributed by atoms with Gasteiger partial charge in [-0.05, 0) is 19.9 Å². The number of ether oxygens (including phenoxy) is 2. The molecule has 4 unspecified atom stereocenters. The van der Waals surface area contributed by atoms with Gasteiger partial charge >= 0.3 is 0 Å². The molecule has 4 atom stereocenters. The Bertz CT molecular complexity index is 293. The Morgan fingerprint density at radius 1 is 1.12 bits per heavy atom. The molecule has 0 aromatic heterocycles. The van der Waals surface area contributed by atoms with Gasteiger partial charge in [0.1, 0.15) is 12.2 Å². The van der Waals surface area contributed by atoms with Crippen LogP contribution in [0.5, 0.6) is 0 Å². The van der Waals surface area contributed by atoms with Crippen molar-refractivity contribution in [2.75, 3.05) is 20.3 Å². The van der Waals surface area contributed by atoms with Crippen molar-refractivity contribution in [2.45, 2.75) is 37.1 Å². The molecule has 2 aliphatic heterocycles. The van der Waals surface area contributed by atoms with Crippen molar-refractivity contribution in [1.29, 1.82) is 0 Å². The highest BCUT2D eigenvalue weighted by atomic mass is 16.6. The van der Waals surface area contributed by atoms with Crippen molar-refractivity contribution < 1.29 is 14.3 Å². The summed E-state index contributed by atoms with van der Waals surface area (Å²) >= 11 is 0. The van der Waals surface area contributed by atoms with Gasteiger partial charge in [0.05, 0.1) is 25.3 Å². The first-order chi connectivity index (χ1) is 7.79. The first-order valence-electron chi connectivity index (χ1n) is 6.00. The van der Waals surface area contributed by atoms with Gasteiger partial charge in [0.25, 0.3) is 0 Å². The predicted octanol–water partition coefficient (Wildman–Crippen LogP) is -0.733. The van der Waals surface area contributed by atoms with Crippen molar-refractivity contribution >= 4 is 5.91 Å². The number of rotatable bonds is 3. The molecule has 5 heteroatoms. The standard InChI is InChI=1S/C11H18N2O3/c1-12-7-4-15-10-8(5-16-9(7)10)13-11(14)6-2-3-6/h6-10,12H,2-5H2,1H3,(H,13,14). The van der Waals surface area contributed by atoms with Gasteiger partial charge in [-0.25, -0.2) is 0 Å². The molecule has 3 aliphatic rings. The molecule has 1 aliphatic carbocycles. The molecule has 0 spiro atoms. The fourth-order valence-corrected chi connectivity index (χ4v) is 2.52. The lowest BCUT2D eigenvalue weighted by Crippen LogP contribution is -2.45. The minimum absolute atomic E-state index is 0.0279. The molecule has 2 N–H and O–H groups in total. The summed E-state index contributed by atoms with van der Waals surface area (Å²) < 4.78 is 11.4. The third-order valence-corrected chi connectivity index (χ3v) is 3.70. The predicted molar refractivity (Wildman–Crippen MR) is 57.0 cm³/mol. The Kier molecular flexibility index (Phi) is 2.61. The van der Waals surface area contributed by atoms with E-state index in [0.717, 1.165) is 12.8 Å². The third kappa shape index (κ3) is 1.73. The van der Waals surface area contributed by atoms with Gasteiger partial charge in [-0.3, -0.25) is 4.79 Å². The van der Waals surface area contributed by atoms with Crippen molar-refractivity contribution in [1.82, 2.24) is 10.6 Å². The van der Waals surface area contributed by atoms with Crippen LogP contribution in [0.2, 0.25) is 0 Å². The molecule has 2 saturated heterocycles. The molecule has 3 rings (SSSR count). The van der Waals surface area contributed by atoms with Crippen molar-refractivity contribution in [3.8, 4) is 0 Å². The Hall–Kier alpha value is -0.650. The van der Waals surface area contributed by atoms with E-state index in [1.54, 1.807) is 0 Å². The highest BCUT2D eigenvalue weighted by Crippen LogP contribution is 2.31. The van der Waals surface area contributed by atoms with Gasteiger partial charge in [-0.15, -0.1) is 0 Å². The second-order valence-electron chi connectivity index (χ2n) is 4.88. The molecule has 1 amide bonds. The fraction of sp³-hybridized carbons (Fsp3) is 0.909. The summed E-state index contributed by atoms with van der Waals surface area (Å²) in [6.45, 7) is 1.24. The number of fused-ring (bicyclic) bond motifs is 1. The third-order valence-electron chi connectivity index (χ3n) is 3.70. The fourth-order valence-electron chi connectivity index (χ4n) is 2.52. The summed E-state index contributed by atoms with van der Waals surface area (Å²) in [6.07, 6.45) is 2.19. The summed E-state index contributed by atoms with van der Waals surface area (Å²) in [5.41, 5.74) is 0. The molecule has 0 radical (unpaired) electrons. The highest BCUT2D eigenvalue weighted by molar-refractivity contribution is 5.81. The number of likely N-dealkylation sites (N-methyl/N-ethyl adjacent to an activating group) is 1. The van der Waals surface area contributed by atoms with Gasteiger partial charge in [-0.2, -0.15) is 0 Å². The largest absolute Gasteiger partial charge is 0.371 e. The van der Waals surface area contributed by atoms with E-state index in [9.17, 15) is 4.79 Å². The van der Waals surface area contributed by atoms with Crippen LogP contribution in [0.25, 0.3) is 0 Å². The van der Waals surface area contributed by atoms with Gasteiger partial charge in [0.15, 0.2) is 0 Å². The normalized spacial score (nSPS) is 42.1. The first kappa shape index (κ1) is 10.5. The molecule has 90 valence electrons. The molecule has 5 nitrogen and oxygen atoms in total. The zero-order chi connectivity index (χ0) is 11.1. The average Bonchev–Trinajstić information content (AvgIpc) is 2.95. The van der Waals surface area contributed by atoms with E-state index in [-0.39, 0.29) is 36.1 Å². The van der Waals surface area contributed by atoms with Crippen LogP contribution in [0.15, 0.2) is 0 Å². The van der Waals surface area contributed by atoms with Gasteiger partial charge < -0.3 is 20.1 Å². The average molecular weight is 226 g/mol. The Balaban J connectivity index is 1.59. The molecule has 0 aromatic carbocycles. The topological polar surface area (TPSA) is 59.6 Å². The second-order valence-corrected chi connectivity index (χ2v) is 4.88. The maximum atomic E-state index is 11.7. The number of carbonyl (C=O) groups excluding carboxylic acids is 1. The van der Waals surface area contributed by atoms with E-state index < -0.39 is 0 Å². The number of hydrogen-bond donors (Lipinski definition) is 2. The monoisotopic (exact) mass is 226 g/mol. The van der Waals surface area contributed by atoms with Gasteiger partial charge in [0.2, 0.25) is 5.91 Å². The smallest absolute Gasteiger partial charge is 0.223 e. The van der Waals surface area contributed by atoms with E-state index in [0.29, 0.717) is 13.2 Å². The van der Waals surface area contributed by atoms with E-state index >= 15 is 0 Å². The summed E-state index contributed by atoms with van der Waals surface area (Å²) in [5, 5.41) is 6.22. The minimum atomic E-state index is 0.0279. The number of amides is 1. The second kappa shape index (κ2) is 3.98. The number of carbonyl (C=O) groups is 1. The molecular weight excluding hydrogens is 208 g/mol. The summed E-state index contributed by atoms with van der Waals surface area (Å²) in [4.78, 5) is 11.7. The highest BCUT2D eigenvalue weighted by Gasteiger charge is 2.48. The van der Waals surface area contributed by atoms with Crippen LogP contribution in [0.1, 0.15) is 12.8 Å². The quantitative estimate of drug-likeness (QED) is 0.666. The van der Waals surface area contributed by atoms with Crippen LogP contribution in [-0.2, 0) is 14.3 Å². The molecule has 2 heterocycles. The molecule has 3 fully saturated rings. The van der Waals surface area contributed by atoms with Crippen LogP contribution in [0.3, 0.4) is 0 Å². The Morgan fingerprint density at radius 3 is 2.38 bits per heavy atom. The molecule has 16 heavy (non-hydrogen) atoms. The van der Waals surface area contributed by atoms with E-state index in [4.69, 9.17) is 9.47 Å². The number of hydrogen-bond acceptors (Lipinski definition) is 4. The maximum Gasteiger partial charge on any atom is 0.223 e. The summed E-state index contributed by atoms with van der Waals surface area (Å²) in [7, 11) is 1.91. The van der Waals surface area contributed by atoms with Gasteiger partial charge in [-0.1, -0.05) is 0 Å². The lowest BCUT2D eigenvalue weighted by Gasteiger charge is -2.17. The Morgan fingerprint density at radius 2 is 1.75 bits per heavy atom. The molecule has 0 aromatic rings. The summed E-state index contributed by atoms with van der Waals surface area (Å²) in [5.74, 6) is 0.423. The zero-order valence-corrected chi connectivity index (χ0v) is 9.44. The van der Waals surface area contributed by atoms with Crippen molar-refractivity contribution in [3.63, 3.8) is 0 Å². The van der Waals surface area contributed by atoms with Crippen LogP contribution in [0, 0.1) is 5.92 Å². The Labute approximate surface area is 94.9 Å². The van der Waals surface area contributed by atoms with Crippen molar-refractivity contribution in [2.24, 2.45) is 5.92 Å².